The molecule has 1 aromatic heterocycles. The average molecular weight is 316 g/mol. The second kappa shape index (κ2) is 8.36. The van der Waals surface area contributed by atoms with Gasteiger partial charge in [0.2, 0.25) is 0 Å². The number of hydrogen-bond donors (Lipinski definition) is 2. The van der Waals surface area contributed by atoms with E-state index in [1.807, 2.05) is 37.4 Å². The number of benzene rings is 1. The van der Waals surface area contributed by atoms with Crippen LogP contribution in [0.15, 0.2) is 30.5 Å². The molecule has 1 atom stereocenters. The number of aromatic amines is 1. The molecule has 0 unspecified atom stereocenters. The van der Waals surface area contributed by atoms with Crippen LogP contribution in [0.4, 0.5) is 0 Å². The van der Waals surface area contributed by atoms with E-state index in [0.717, 1.165) is 29.3 Å². The molecule has 5 heteroatoms. The molecule has 1 aromatic carbocycles. The van der Waals surface area contributed by atoms with Crippen LogP contribution in [0.3, 0.4) is 0 Å². The van der Waals surface area contributed by atoms with Gasteiger partial charge in [-0.05, 0) is 31.4 Å². The Morgan fingerprint density at radius 3 is 2.87 bits per heavy atom. The Hall–Kier alpha value is -2.30. The molecule has 124 valence electrons. The summed E-state index contributed by atoms with van der Waals surface area (Å²) in [5, 5.41) is 3.93. The number of carbonyl (C=O) groups excluding carboxylic acids is 2. The number of ether oxygens (including phenoxy) is 1. The highest BCUT2D eigenvalue weighted by Crippen LogP contribution is 2.19. The molecule has 2 aromatic rings. The third kappa shape index (κ3) is 5.13. The summed E-state index contributed by atoms with van der Waals surface area (Å²) in [6, 6.07) is 8.07. The number of aromatic nitrogens is 1. The van der Waals surface area contributed by atoms with Crippen LogP contribution in [0.5, 0.6) is 0 Å². The maximum absolute atomic E-state index is 11.8. The number of esters is 1. The molecule has 0 saturated heterocycles. The zero-order chi connectivity index (χ0) is 16.7. The number of hydrogen-bond acceptors (Lipinski definition) is 3. The molecule has 2 N–H and O–H groups in total. The molecule has 2 rings (SSSR count). The van der Waals surface area contributed by atoms with Crippen molar-refractivity contribution in [3.8, 4) is 0 Å². The van der Waals surface area contributed by atoms with Crippen molar-refractivity contribution in [1.29, 1.82) is 0 Å². The summed E-state index contributed by atoms with van der Waals surface area (Å²) in [7, 11) is 0. The molecule has 0 aliphatic carbocycles. The van der Waals surface area contributed by atoms with Gasteiger partial charge in [-0.25, -0.2) is 0 Å². The van der Waals surface area contributed by atoms with Crippen molar-refractivity contribution in [3.05, 3.63) is 36.0 Å². The zero-order valence-corrected chi connectivity index (χ0v) is 13.7. The van der Waals surface area contributed by atoms with E-state index < -0.39 is 0 Å². The predicted molar refractivity (Wildman–Crippen MR) is 90.1 cm³/mol. The van der Waals surface area contributed by atoms with Crippen molar-refractivity contribution in [2.75, 3.05) is 6.61 Å². The zero-order valence-electron chi connectivity index (χ0n) is 13.7. The van der Waals surface area contributed by atoms with E-state index in [0.29, 0.717) is 6.42 Å². The Balaban J connectivity index is 1.74. The summed E-state index contributed by atoms with van der Waals surface area (Å²) in [6.07, 6.45) is 4.69. The van der Waals surface area contributed by atoms with Gasteiger partial charge in [0.25, 0.3) is 5.91 Å². The highest BCUT2D eigenvalue weighted by atomic mass is 16.5. The highest BCUT2D eigenvalue weighted by Gasteiger charge is 2.11. The first-order valence-electron chi connectivity index (χ1n) is 8.10. The van der Waals surface area contributed by atoms with Gasteiger partial charge in [-0.2, -0.15) is 0 Å². The summed E-state index contributed by atoms with van der Waals surface area (Å²) < 4.78 is 5.03. The van der Waals surface area contributed by atoms with Crippen LogP contribution in [-0.4, -0.2) is 29.5 Å². The van der Waals surface area contributed by atoms with Gasteiger partial charge in [0.05, 0.1) is 0 Å². The number of para-hydroxylation sites is 1. The van der Waals surface area contributed by atoms with Crippen LogP contribution in [-0.2, 0) is 20.7 Å². The van der Waals surface area contributed by atoms with Crippen molar-refractivity contribution < 1.29 is 14.3 Å². The molecule has 0 aliphatic rings. The van der Waals surface area contributed by atoms with Gasteiger partial charge < -0.3 is 15.0 Å². The molecule has 5 nitrogen and oxygen atoms in total. The van der Waals surface area contributed by atoms with E-state index in [9.17, 15) is 9.59 Å². The molecule has 0 saturated carbocycles. The smallest absolute Gasteiger partial charge is 0.306 e. The van der Waals surface area contributed by atoms with Gasteiger partial charge in [-0.3, -0.25) is 9.59 Å². The van der Waals surface area contributed by atoms with Crippen molar-refractivity contribution in [1.82, 2.24) is 10.3 Å². The second-order valence-electron chi connectivity index (χ2n) is 5.78. The van der Waals surface area contributed by atoms with Crippen LogP contribution in [0.25, 0.3) is 10.9 Å². The summed E-state index contributed by atoms with van der Waals surface area (Å²) in [6.45, 7) is 3.80. The minimum absolute atomic E-state index is 0.109. The number of rotatable bonds is 8. The average Bonchev–Trinajstić information content (AvgIpc) is 2.94. The van der Waals surface area contributed by atoms with E-state index in [1.54, 1.807) is 0 Å². The van der Waals surface area contributed by atoms with Gasteiger partial charge in [0.15, 0.2) is 6.61 Å². The summed E-state index contributed by atoms with van der Waals surface area (Å²) >= 11 is 0. The minimum atomic E-state index is -0.353. The minimum Gasteiger partial charge on any atom is -0.456 e. The number of carbonyl (C=O) groups is 2. The van der Waals surface area contributed by atoms with Crippen LogP contribution < -0.4 is 5.32 Å². The van der Waals surface area contributed by atoms with Crippen LogP contribution >= 0.6 is 0 Å². The normalized spacial score (nSPS) is 12.1. The third-order valence-corrected chi connectivity index (χ3v) is 3.77. The highest BCUT2D eigenvalue weighted by molar-refractivity contribution is 5.84. The SMILES string of the molecule is CCC[C@@H](C)NC(=O)COC(=O)CCc1c[nH]c2ccccc12. The van der Waals surface area contributed by atoms with E-state index >= 15 is 0 Å². The molecule has 0 fully saturated rings. The lowest BCUT2D eigenvalue weighted by Crippen LogP contribution is -2.35. The molecule has 0 bridgehead atoms. The Bertz CT molecular complexity index is 663. The van der Waals surface area contributed by atoms with Crippen LogP contribution in [0.2, 0.25) is 0 Å². The maximum atomic E-state index is 11.8. The predicted octanol–water partition coefficient (Wildman–Crippen LogP) is 2.95. The quantitative estimate of drug-likeness (QED) is 0.736. The third-order valence-electron chi connectivity index (χ3n) is 3.77. The first-order valence-corrected chi connectivity index (χ1v) is 8.10. The number of nitrogens with one attached hydrogen (secondary N) is 2. The van der Waals surface area contributed by atoms with E-state index in [2.05, 4.69) is 17.2 Å². The molecular weight excluding hydrogens is 292 g/mol. The largest absolute Gasteiger partial charge is 0.456 e. The van der Waals surface area contributed by atoms with Gasteiger partial charge in [0.1, 0.15) is 0 Å². The first kappa shape index (κ1) is 17.1. The van der Waals surface area contributed by atoms with Crippen LogP contribution in [0.1, 0.15) is 38.7 Å². The standard InChI is InChI=1S/C18H24N2O3/c1-3-6-13(2)20-17(21)12-23-18(22)10-9-14-11-19-16-8-5-4-7-15(14)16/h4-5,7-8,11,13,19H,3,6,9-10,12H2,1-2H3,(H,20,21)/t13-/m1/s1. The molecule has 1 heterocycles. The second-order valence-corrected chi connectivity index (χ2v) is 5.78. The lowest BCUT2D eigenvalue weighted by Gasteiger charge is -2.12. The van der Waals surface area contributed by atoms with Gasteiger partial charge in [-0.15, -0.1) is 0 Å². The monoisotopic (exact) mass is 316 g/mol. The van der Waals surface area contributed by atoms with Gasteiger partial charge >= 0.3 is 5.97 Å². The Kier molecular flexibility index (Phi) is 6.20. The fourth-order valence-corrected chi connectivity index (χ4v) is 2.62. The van der Waals surface area contributed by atoms with Crippen molar-refractivity contribution in [2.24, 2.45) is 0 Å². The van der Waals surface area contributed by atoms with Crippen molar-refractivity contribution >= 4 is 22.8 Å². The number of aryl methyl sites for hydroxylation is 1. The lowest BCUT2D eigenvalue weighted by atomic mass is 10.1. The number of H-pyrrole nitrogens is 1. The Morgan fingerprint density at radius 2 is 2.09 bits per heavy atom. The van der Waals surface area contributed by atoms with E-state index in [-0.39, 0.29) is 30.9 Å². The molecular formula is C18H24N2O3. The van der Waals surface area contributed by atoms with E-state index in [4.69, 9.17) is 4.74 Å². The molecule has 0 aliphatic heterocycles. The van der Waals surface area contributed by atoms with Crippen molar-refractivity contribution in [2.45, 2.75) is 45.6 Å². The topological polar surface area (TPSA) is 71.2 Å². The fourth-order valence-electron chi connectivity index (χ4n) is 2.62. The van der Waals surface area contributed by atoms with Crippen LogP contribution in [0, 0.1) is 0 Å². The number of fused-ring (bicyclic) bond motifs is 1. The molecule has 1 amide bonds. The van der Waals surface area contributed by atoms with E-state index in [1.165, 1.54) is 0 Å². The summed E-state index contributed by atoms with van der Waals surface area (Å²) in [4.78, 5) is 26.6. The number of amides is 1. The summed E-state index contributed by atoms with van der Waals surface area (Å²) in [5.41, 5.74) is 2.14. The maximum Gasteiger partial charge on any atom is 0.306 e. The molecule has 0 spiro atoms. The lowest BCUT2D eigenvalue weighted by molar-refractivity contribution is -0.148. The van der Waals surface area contributed by atoms with Crippen molar-refractivity contribution in [3.63, 3.8) is 0 Å². The van der Waals surface area contributed by atoms with Gasteiger partial charge in [-0.1, -0.05) is 31.5 Å². The molecule has 0 radical (unpaired) electrons. The Morgan fingerprint density at radius 1 is 1.30 bits per heavy atom. The summed E-state index contributed by atoms with van der Waals surface area (Å²) in [5.74, 6) is -0.597. The Labute approximate surface area is 136 Å². The molecule has 23 heavy (non-hydrogen) atoms. The fraction of sp³-hybridized carbons (Fsp3) is 0.444. The first-order chi connectivity index (χ1) is 11.1. The van der Waals surface area contributed by atoms with Gasteiger partial charge in [0, 0.05) is 29.6 Å².